The summed E-state index contributed by atoms with van der Waals surface area (Å²) in [6.07, 6.45) is 19.7. The zero-order valence-corrected chi connectivity index (χ0v) is 22.2. The van der Waals surface area contributed by atoms with Gasteiger partial charge in [-0.3, -0.25) is 19.4 Å². The number of allylic oxidation sites excluding steroid dienone is 3. The monoisotopic (exact) mass is 522 g/mol. The second-order valence-electron chi connectivity index (χ2n) is 11.4. The second kappa shape index (κ2) is 11.8. The van der Waals surface area contributed by atoms with Crippen molar-refractivity contribution in [1.82, 2.24) is 20.6 Å². The topological polar surface area (TPSA) is 110 Å². The van der Waals surface area contributed by atoms with E-state index < -0.39 is 5.41 Å². The molecule has 204 valence electrons. The molecule has 38 heavy (non-hydrogen) atoms. The molecule has 1 aromatic rings. The fourth-order valence-electron chi connectivity index (χ4n) is 6.86. The molecular weight excluding hydrogens is 482 g/mol. The SMILES string of the molecule is O=C(C[N+]12CCC(CC1)[C@@H](OC(=O)C1(C3=CC=CC3)CCCCCC1)C2)NCCNC(=O)c1cnccn1. The van der Waals surface area contributed by atoms with Crippen molar-refractivity contribution >= 4 is 17.8 Å². The van der Waals surface area contributed by atoms with Gasteiger partial charge in [-0.25, -0.2) is 4.98 Å². The summed E-state index contributed by atoms with van der Waals surface area (Å²) in [5, 5.41) is 5.70. The number of esters is 1. The summed E-state index contributed by atoms with van der Waals surface area (Å²) in [7, 11) is 0. The van der Waals surface area contributed by atoms with Gasteiger partial charge >= 0.3 is 5.97 Å². The van der Waals surface area contributed by atoms with Crippen LogP contribution < -0.4 is 10.6 Å². The standard InChI is InChI=1S/C29H39N5O4/c35-26(32-15-16-33-27(36)24-19-30-13-14-31-24)21-34-17-9-22(10-18-34)25(20-34)38-28(37)29(23-7-3-4-8-23)11-5-1-2-6-12-29/h3-4,7,13-14,19,22,25H,1-2,5-6,8-12,15-18,20-21H2,(H-,32,33,35,36)/p+1/t22?,25-,34?/m0/s1. The summed E-state index contributed by atoms with van der Waals surface area (Å²) < 4.78 is 7.07. The highest BCUT2D eigenvalue weighted by Gasteiger charge is 2.51. The van der Waals surface area contributed by atoms with Gasteiger partial charge in [0.2, 0.25) is 0 Å². The van der Waals surface area contributed by atoms with E-state index in [1.165, 1.54) is 37.0 Å². The Morgan fingerprint density at radius 1 is 1.03 bits per heavy atom. The Hall–Kier alpha value is -3.07. The van der Waals surface area contributed by atoms with E-state index in [-0.39, 0.29) is 29.6 Å². The van der Waals surface area contributed by atoms with Crippen LogP contribution in [0.4, 0.5) is 0 Å². The molecule has 4 fully saturated rings. The summed E-state index contributed by atoms with van der Waals surface area (Å²) >= 11 is 0. The molecule has 6 rings (SSSR count). The summed E-state index contributed by atoms with van der Waals surface area (Å²) in [5.74, 6) is 0.00513. The van der Waals surface area contributed by atoms with E-state index >= 15 is 0 Å². The van der Waals surface area contributed by atoms with Crippen molar-refractivity contribution in [3.8, 4) is 0 Å². The first-order chi connectivity index (χ1) is 18.5. The quantitative estimate of drug-likeness (QED) is 0.223. The van der Waals surface area contributed by atoms with E-state index in [4.69, 9.17) is 4.74 Å². The van der Waals surface area contributed by atoms with Gasteiger partial charge in [-0.15, -0.1) is 0 Å². The first-order valence-electron chi connectivity index (χ1n) is 14.2. The Balaban J connectivity index is 1.14. The molecule has 0 aromatic carbocycles. The normalized spacial score (nSPS) is 27.7. The maximum atomic E-state index is 13.8. The third kappa shape index (κ3) is 5.82. The minimum atomic E-state index is -0.482. The molecule has 0 unspecified atom stereocenters. The number of aromatic nitrogens is 2. The van der Waals surface area contributed by atoms with Gasteiger partial charge in [0.1, 0.15) is 12.2 Å². The molecule has 0 spiro atoms. The van der Waals surface area contributed by atoms with Gasteiger partial charge in [-0.05, 0) is 24.8 Å². The number of quaternary nitrogens is 1. The van der Waals surface area contributed by atoms with Crippen LogP contribution in [-0.4, -0.2) is 77.6 Å². The molecule has 2 amide bonds. The van der Waals surface area contributed by atoms with Crippen LogP contribution in [0.15, 0.2) is 42.4 Å². The highest BCUT2D eigenvalue weighted by Crippen LogP contribution is 2.46. The summed E-state index contributed by atoms with van der Waals surface area (Å²) in [4.78, 5) is 46.7. The number of rotatable bonds is 9. The molecule has 3 aliphatic heterocycles. The van der Waals surface area contributed by atoms with Crippen molar-refractivity contribution in [3.63, 3.8) is 0 Å². The van der Waals surface area contributed by atoms with Crippen LogP contribution in [0.1, 0.15) is 68.3 Å². The third-order valence-corrected chi connectivity index (χ3v) is 9.04. The van der Waals surface area contributed by atoms with Gasteiger partial charge in [0.05, 0.1) is 24.7 Å². The molecule has 1 atom stereocenters. The number of nitrogens with one attached hydrogen (secondary N) is 2. The zero-order valence-electron chi connectivity index (χ0n) is 22.2. The molecule has 9 heteroatoms. The lowest BCUT2D eigenvalue weighted by Gasteiger charge is -2.52. The number of fused-ring (bicyclic) bond motifs is 3. The Morgan fingerprint density at radius 2 is 1.79 bits per heavy atom. The number of piperidine rings is 3. The van der Waals surface area contributed by atoms with Crippen LogP contribution in [-0.2, 0) is 14.3 Å². The molecule has 3 saturated heterocycles. The Bertz CT molecular complexity index is 1070. The zero-order chi connectivity index (χ0) is 26.4. The van der Waals surface area contributed by atoms with E-state index in [1.54, 1.807) is 0 Å². The van der Waals surface area contributed by atoms with Crippen LogP contribution in [0, 0.1) is 11.3 Å². The van der Waals surface area contributed by atoms with E-state index in [0.29, 0.717) is 36.6 Å². The molecule has 2 bridgehead atoms. The average molecular weight is 523 g/mol. The molecule has 1 aromatic heterocycles. The van der Waals surface area contributed by atoms with Gasteiger partial charge in [-0.1, -0.05) is 43.9 Å². The van der Waals surface area contributed by atoms with Crippen molar-refractivity contribution in [2.75, 3.05) is 39.3 Å². The number of nitrogens with zero attached hydrogens (tertiary/aromatic N) is 3. The molecular formula is C29H40N5O4+. The molecule has 2 aliphatic carbocycles. The smallest absolute Gasteiger partial charge is 0.316 e. The number of carbonyl (C=O) groups is 3. The third-order valence-electron chi connectivity index (χ3n) is 9.04. The minimum Gasteiger partial charge on any atom is -0.455 e. The van der Waals surface area contributed by atoms with E-state index in [2.05, 4.69) is 38.8 Å². The number of ether oxygens (including phenoxy) is 1. The highest BCUT2D eigenvalue weighted by atomic mass is 16.5. The van der Waals surface area contributed by atoms with Crippen LogP contribution in [0.25, 0.3) is 0 Å². The number of carbonyl (C=O) groups excluding carboxylic acids is 3. The molecule has 0 radical (unpaired) electrons. The number of hydrogen-bond donors (Lipinski definition) is 2. The summed E-state index contributed by atoms with van der Waals surface area (Å²) in [5.41, 5.74) is 0.990. The second-order valence-corrected chi connectivity index (χ2v) is 11.4. The lowest BCUT2D eigenvalue weighted by molar-refractivity contribution is -0.939. The van der Waals surface area contributed by atoms with Crippen molar-refractivity contribution in [2.24, 2.45) is 11.3 Å². The fourth-order valence-corrected chi connectivity index (χ4v) is 6.86. The first-order valence-corrected chi connectivity index (χ1v) is 14.2. The predicted molar refractivity (Wildman–Crippen MR) is 142 cm³/mol. The van der Waals surface area contributed by atoms with E-state index in [0.717, 1.165) is 58.0 Å². The van der Waals surface area contributed by atoms with Gasteiger partial charge < -0.3 is 19.9 Å². The Kier molecular flexibility index (Phi) is 8.21. The van der Waals surface area contributed by atoms with Crippen LogP contribution in [0.3, 0.4) is 0 Å². The average Bonchev–Trinajstić information content (AvgIpc) is 3.37. The minimum absolute atomic E-state index is 0.0328. The van der Waals surface area contributed by atoms with Gasteiger partial charge in [-0.2, -0.15) is 0 Å². The van der Waals surface area contributed by atoms with Gasteiger partial charge in [0, 0.05) is 44.2 Å². The molecule has 4 heterocycles. The number of amides is 2. The molecule has 9 nitrogen and oxygen atoms in total. The fraction of sp³-hybridized carbons (Fsp3) is 0.621. The summed E-state index contributed by atoms with van der Waals surface area (Å²) in [6, 6.07) is 0. The number of hydrogen-bond acceptors (Lipinski definition) is 6. The van der Waals surface area contributed by atoms with Crippen LogP contribution >= 0.6 is 0 Å². The van der Waals surface area contributed by atoms with Gasteiger partial charge in [0.15, 0.2) is 12.6 Å². The maximum absolute atomic E-state index is 13.8. The highest BCUT2D eigenvalue weighted by molar-refractivity contribution is 5.91. The van der Waals surface area contributed by atoms with Crippen LogP contribution in [0.2, 0.25) is 0 Å². The first kappa shape index (κ1) is 26.5. The van der Waals surface area contributed by atoms with Crippen molar-refractivity contribution in [3.05, 3.63) is 48.1 Å². The largest absolute Gasteiger partial charge is 0.455 e. The molecule has 1 saturated carbocycles. The van der Waals surface area contributed by atoms with E-state index in [1.807, 2.05) is 0 Å². The lowest BCUT2D eigenvalue weighted by Crippen LogP contribution is -2.67. The maximum Gasteiger partial charge on any atom is 0.316 e. The lowest BCUT2D eigenvalue weighted by atomic mass is 9.73. The predicted octanol–water partition coefficient (Wildman–Crippen LogP) is 2.70. The molecule has 2 N–H and O–H groups in total. The molecule has 5 aliphatic rings. The van der Waals surface area contributed by atoms with E-state index in [9.17, 15) is 14.4 Å². The van der Waals surface area contributed by atoms with Gasteiger partial charge in [0.25, 0.3) is 11.8 Å². The van der Waals surface area contributed by atoms with Crippen molar-refractivity contribution in [1.29, 1.82) is 0 Å². The Labute approximate surface area is 224 Å². The van der Waals surface area contributed by atoms with Crippen LogP contribution in [0.5, 0.6) is 0 Å². The summed E-state index contributed by atoms with van der Waals surface area (Å²) in [6.45, 7) is 3.62. The Morgan fingerprint density at radius 3 is 2.47 bits per heavy atom. The van der Waals surface area contributed by atoms with Crippen molar-refractivity contribution < 1.29 is 23.6 Å². The van der Waals surface area contributed by atoms with Crippen molar-refractivity contribution in [2.45, 2.75) is 63.9 Å².